The van der Waals surface area contributed by atoms with Crippen LogP contribution in [0.2, 0.25) is 0 Å². The summed E-state index contributed by atoms with van der Waals surface area (Å²) >= 11 is 0. The highest BCUT2D eigenvalue weighted by Crippen LogP contribution is 2.60. The van der Waals surface area contributed by atoms with Gasteiger partial charge in [-0.1, -0.05) is 45.0 Å². The number of rotatable bonds is 7. The normalized spacial score (nSPS) is 21.6. The van der Waals surface area contributed by atoms with Gasteiger partial charge in [0.05, 0.1) is 44.8 Å². The van der Waals surface area contributed by atoms with Crippen LogP contribution in [0.1, 0.15) is 104 Å². The molecule has 0 saturated carbocycles. The number of alkyl halides is 7. The summed E-state index contributed by atoms with van der Waals surface area (Å²) in [6, 6.07) is 8.00. The first-order chi connectivity index (χ1) is 26.4. The van der Waals surface area contributed by atoms with Crippen molar-refractivity contribution in [2.24, 2.45) is 11.7 Å². The molecule has 3 aliphatic rings. The van der Waals surface area contributed by atoms with E-state index in [9.17, 15) is 35.9 Å². The van der Waals surface area contributed by atoms with Gasteiger partial charge in [0.2, 0.25) is 6.79 Å². The van der Waals surface area contributed by atoms with E-state index in [1.165, 1.54) is 19.2 Å². The number of carbonyl (C=O) groups excluding carboxylic acids is 2. The number of benzene rings is 2. The van der Waals surface area contributed by atoms with Crippen molar-refractivity contribution in [3.63, 3.8) is 0 Å². The summed E-state index contributed by atoms with van der Waals surface area (Å²) in [6.07, 6.45) is -7.63. The van der Waals surface area contributed by atoms with Crippen molar-refractivity contribution in [2.75, 3.05) is 6.79 Å². The van der Waals surface area contributed by atoms with Crippen LogP contribution in [-0.2, 0) is 62.8 Å². The number of fused-ring (bicyclic) bond motifs is 10. The molecule has 0 fully saturated rings. The third-order valence-electron chi connectivity index (χ3n) is 11.7. The molecular weight excluding hydrogens is 759 g/mol. The summed E-state index contributed by atoms with van der Waals surface area (Å²) in [6.45, 7) is 11.1. The number of halogens is 7. The average Bonchev–Trinajstić information content (AvgIpc) is 3.81. The molecule has 0 radical (unpaired) electrons. The van der Waals surface area contributed by atoms with Gasteiger partial charge in [-0.2, -0.15) is 31.4 Å². The van der Waals surface area contributed by atoms with Crippen LogP contribution in [-0.4, -0.2) is 44.1 Å². The Morgan fingerprint density at radius 2 is 1.65 bits per heavy atom. The number of nitrogens with two attached hydrogens (primary N) is 1. The molecule has 3 atom stereocenters. The lowest BCUT2D eigenvalue weighted by Crippen LogP contribution is -2.42. The molecule has 0 saturated heterocycles. The van der Waals surface area contributed by atoms with Crippen LogP contribution < -0.4 is 5.73 Å². The molecule has 304 valence electrons. The first kappa shape index (κ1) is 40.2. The van der Waals surface area contributed by atoms with Crippen LogP contribution in [0.15, 0.2) is 54.7 Å². The highest BCUT2D eigenvalue weighted by atomic mass is 19.4. The van der Waals surface area contributed by atoms with Gasteiger partial charge in [0.15, 0.2) is 5.67 Å². The lowest BCUT2D eigenvalue weighted by Gasteiger charge is -2.45. The maximum absolute atomic E-state index is 17.2. The second-order valence-corrected chi connectivity index (χ2v) is 16.0. The van der Waals surface area contributed by atoms with Gasteiger partial charge in [-0.25, -0.2) is 13.9 Å². The zero-order valence-corrected chi connectivity index (χ0v) is 32.3. The van der Waals surface area contributed by atoms with Crippen molar-refractivity contribution in [1.29, 1.82) is 0 Å². The molecule has 16 heteroatoms. The van der Waals surface area contributed by atoms with E-state index in [0.29, 0.717) is 46.1 Å². The van der Waals surface area contributed by atoms with Gasteiger partial charge < -0.3 is 15.2 Å². The Balaban J connectivity index is 1.35. The van der Waals surface area contributed by atoms with Crippen molar-refractivity contribution in [2.45, 2.75) is 103 Å². The quantitative estimate of drug-likeness (QED) is 0.113. The number of carbonyl (C=O) groups is 2. The number of allylic oxidation sites excluding steroid dienone is 2. The predicted octanol–water partition coefficient (Wildman–Crippen LogP) is 8.89. The number of ether oxygens (including phenoxy) is 2. The maximum Gasteiger partial charge on any atom is 0.421 e. The number of esters is 1. The predicted molar refractivity (Wildman–Crippen MR) is 195 cm³/mol. The van der Waals surface area contributed by atoms with Gasteiger partial charge in [-0.3, -0.25) is 14.3 Å². The van der Waals surface area contributed by atoms with Gasteiger partial charge in [0, 0.05) is 30.4 Å². The first-order valence-electron chi connectivity index (χ1n) is 18.5. The minimum atomic E-state index is -5.06. The lowest BCUT2D eigenvalue weighted by molar-refractivity contribution is -0.154. The number of hydrogen-bond donors (Lipinski definition) is 1. The fourth-order valence-electron chi connectivity index (χ4n) is 8.56. The summed E-state index contributed by atoms with van der Waals surface area (Å²) in [5.41, 5.74) is 3.33. The molecule has 4 heterocycles. The zero-order valence-electron chi connectivity index (χ0n) is 32.3. The zero-order chi connectivity index (χ0) is 41.8. The Bertz CT molecular complexity index is 2340. The Kier molecular flexibility index (Phi) is 9.39. The second-order valence-electron chi connectivity index (χ2n) is 16.0. The van der Waals surface area contributed by atoms with Gasteiger partial charge in [-0.15, -0.1) is 0 Å². The summed E-state index contributed by atoms with van der Waals surface area (Å²) in [7, 11) is 0. The number of aromatic nitrogens is 3. The van der Waals surface area contributed by atoms with Crippen LogP contribution in [0.25, 0.3) is 11.3 Å². The Hall–Kier alpha value is -4.96. The molecular formula is C41H42F7N5O4. The van der Waals surface area contributed by atoms with Crippen LogP contribution in [0.4, 0.5) is 35.5 Å². The molecule has 0 amide bonds. The average molecular weight is 802 g/mol. The molecule has 0 spiro atoms. The molecule has 57 heavy (non-hydrogen) atoms. The molecule has 2 aliphatic heterocycles. The van der Waals surface area contributed by atoms with Crippen molar-refractivity contribution >= 4 is 17.6 Å². The standard InChI is InChI=1S/C41H42F7N5O4/c1-8-22-10-9-11-25-29-17-38(6,42)34-27(14-15-52(34)36(55)57-20-56-35(54)30(49)21(2)3)39(29,7)33-26-19-51(37(4,5)32(26)50-53(33)31(22)25)18-23-12-13-24(40(43,44)45)16-28(23)41(46,47)48/h9-17,21,30H,8,18-20,49H2,1-7H3. The fourth-order valence-corrected chi connectivity index (χ4v) is 8.56. The van der Waals surface area contributed by atoms with E-state index in [0.717, 1.165) is 21.9 Å². The van der Waals surface area contributed by atoms with E-state index in [1.54, 1.807) is 38.7 Å². The van der Waals surface area contributed by atoms with Crippen molar-refractivity contribution in [3.05, 3.63) is 111 Å². The first-order valence-corrected chi connectivity index (χ1v) is 18.5. The summed E-state index contributed by atoms with van der Waals surface area (Å²) in [4.78, 5) is 27.5. The van der Waals surface area contributed by atoms with Crippen LogP contribution >= 0.6 is 0 Å². The van der Waals surface area contributed by atoms with Gasteiger partial charge in [-0.05, 0) is 86.6 Å². The number of hydrogen-bond acceptors (Lipinski definition) is 7. The monoisotopic (exact) mass is 801 g/mol. The summed E-state index contributed by atoms with van der Waals surface area (Å²) < 4.78 is 114. The molecule has 2 aromatic carbocycles. The maximum atomic E-state index is 17.2. The van der Waals surface area contributed by atoms with Gasteiger partial charge in [0.1, 0.15) is 6.04 Å². The third-order valence-corrected chi connectivity index (χ3v) is 11.7. The van der Waals surface area contributed by atoms with E-state index in [2.05, 4.69) is 0 Å². The molecule has 4 aromatic rings. The second kappa shape index (κ2) is 13.3. The summed E-state index contributed by atoms with van der Waals surface area (Å²) in [5.74, 6) is -1.01. The van der Waals surface area contributed by atoms with E-state index in [-0.39, 0.29) is 36.3 Å². The highest BCUT2D eigenvalue weighted by Gasteiger charge is 2.56. The van der Waals surface area contributed by atoms with E-state index in [4.69, 9.17) is 20.3 Å². The molecule has 2 aromatic heterocycles. The molecule has 7 rings (SSSR count). The fraction of sp³-hybridized carbons (Fsp3) is 0.439. The van der Waals surface area contributed by atoms with E-state index < -0.39 is 65.0 Å². The minimum absolute atomic E-state index is 0.0470. The summed E-state index contributed by atoms with van der Waals surface area (Å²) in [5, 5.41) is 5.14. The van der Waals surface area contributed by atoms with Gasteiger partial charge >= 0.3 is 24.4 Å². The number of nitrogens with zero attached hydrogens (tertiary/aromatic N) is 4. The van der Waals surface area contributed by atoms with Crippen molar-refractivity contribution < 1.29 is 49.8 Å². The van der Waals surface area contributed by atoms with Gasteiger partial charge in [0.25, 0.3) is 0 Å². The Morgan fingerprint density at radius 3 is 2.28 bits per heavy atom. The number of para-hydroxylation sites is 1. The van der Waals surface area contributed by atoms with Crippen LogP contribution in [0, 0.1) is 5.92 Å². The Morgan fingerprint density at radius 1 is 0.947 bits per heavy atom. The topological polar surface area (TPSA) is 105 Å². The molecule has 2 N–H and O–H groups in total. The Labute approximate surface area is 324 Å². The van der Waals surface area contributed by atoms with E-state index >= 15 is 4.39 Å². The van der Waals surface area contributed by atoms with Crippen LogP contribution in [0.3, 0.4) is 0 Å². The molecule has 3 unspecified atom stereocenters. The third kappa shape index (κ3) is 6.26. The highest BCUT2D eigenvalue weighted by molar-refractivity contribution is 5.90. The number of aryl methyl sites for hydroxylation is 1. The van der Waals surface area contributed by atoms with E-state index in [1.807, 2.05) is 36.7 Å². The van der Waals surface area contributed by atoms with Crippen molar-refractivity contribution in [3.8, 4) is 5.69 Å². The SMILES string of the molecule is CCc1cccc2c1-n1nc3c(c1C1(C)C2=CC(C)(F)c2c1ccn2C(=O)OCOC(=O)C(N)C(C)C)CN(Cc1ccc(C(F)(F)F)cc1C(F)(F)F)C3(C)C. The molecule has 1 aliphatic carbocycles. The molecule has 9 nitrogen and oxygen atoms in total. The minimum Gasteiger partial charge on any atom is -0.427 e. The smallest absolute Gasteiger partial charge is 0.421 e. The van der Waals surface area contributed by atoms with Crippen molar-refractivity contribution in [1.82, 2.24) is 19.2 Å². The largest absolute Gasteiger partial charge is 0.427 e. The lowest BCUT2D eigenvalue weighted by atomic mass is 9.62. The van der Waals surface area contributed by atoms with Crippen LogP contribution in [0.5, 0.6) is 0 Å². The molecule has 0 bridgehead atoms.